The molecule has 0 aromatic rings. The van der Waals surface area contributed by atoms with Gasteiger partial charge in [-0.2, -0.15) is 0 Å². The third-order valence-electron chi connectivity index (χ3n) is 2.93. The molecule has 1 unspecified atom stereocenters. The summed E-state index contributed by atoms with van der Waals surface area (Å²) in [5.74, 6) is -2.98. The number of carbonyl (C=O) groups is 3. The van der Waals surface area contributed by atoms with Crippen LogP contribution in [0.15, 0.2) is 0 Å². The van der Waals surface area contributed by atoms with E-state index in [-0.39, 0.29) is 38.5 Å². The molecule has 0 bridgehead atoms. The lowest BCUT2D eigenvalue weighted by molar-refractivity contribution is -0.144. The number of aliphatic carboxylic acids is 3. The molecular formula is C11H17NO7. The Morgan fingerprint density at radius 2 is 1.74 bits per heavy atom. The van der Waals surface area contributed by atoms with E-state index in [0.29, 0.717) is 6.54 Å². The van der Waals surface area contributed by atoms with E-state index in [1.807, 2.05) is 0 Å². The molecule has 0 aromatic carbocycles. The Morgan fingerprint density at radius 3 is 2.26 bits per heavy atom. The number of nitrogens with zero attached hydrogens (tertiary/aromatic N) is 1. The van der Waals surface area contributed by atoms with Crippen LogP contribution in [0.3, 0.4) is 0 Å². The molecule has 8 heteroatoms. The molecule has 3 N–H and O–H groups in total. The van der Waals surface area contributed by atoms with Crippen molar-refractivity contribution in [1.82, 2.24) is 4.90 Å². The van der Waals surface area contributed by atoms with E-state index in [9.17, 15) is 14.4 Å². The summed E-state index contributed by atoms with van der Waals surface area (Å²) < 4.78 is 5.30. The van der Waals surface area contributed by atoms with Crippen molar-refractivity contribution in [3.63, 3.8) is 0 Å². The van der Waals surface area contributed by atoms with Crippen LogP contribution in [-0.2, 0) is 19.1 Å². The maximum atomic E-state index is 11.0. The second-order valence-corrected chi connectivity index (χ2v) is 4.36. The van der Waals surface area contributed by atoms with Crippen molar-refractivity contribution in [2.75, 3.05) is 19.7 Å². The molecule has 0 radical (unpaired) electrons. The molecule has 108 valence electrons. The van der Waals surface area contributed by atoms with E-state index < -0.39 is 23.9 Å². The van der Waals surface area contributed by atoms with Gasteiger partial charge >= 0.3 is 17.9 Å². The first-order chi connectivity index (χ1) is 8.90. The van der Waals surface area contributed by atoms with Crippen molar-refractivity contribution >= 4 is 17.9 Å². The summed E-state index contributed by atoms with van der Waals surface area (Å²) in [6.45, 7) is 0.480. The Bertz CT molecular complexity index is 357. The smallest absolute Gasteiger partial charge is 0.321 e. The van der Waals surface area contributed by atoms with Crippen LogP contribution < -0.4 is 0 Å². The number of ether oxygens (including phenoxy) is 1. The predicted octanol–water partition coefficient (Wildman–Crippen LogP) is -0.520. The first-order valence-electron chi connectivity index (χ1n) is 5.92. The van der Waals surface area contributed by atoms with Gasteiger partial charge in [-0.3, -0.25) is 19.3 Å². The van der Waals surface area contributed by atoms with Crippen LogP contribution >= 0.6 is 0 Å². The summed E-state index contributed by atoms with van der Waals surface area (Å²) in [5, 5.41) is 26.1. The van der Waals surface area contributed by atoms with Gasteiger partial charge in [0, 0.05) is 19.5 Å². The lowest BCUT2D eigenvalue weighted by Gasteiger charge is -2.19. The highest BCUT2D eigenvalue weighted by atomic mass is 16.5. The zero-order chi connectivity index (χ0) is 14.4. The van der Waals surface area contributed by atoms with Gasteiger partial charge in [-0.05, 0) is 0 Å². The topological polar surface area (TPSA) is 124 Å². The van der Waals surface area contributed by atoms with Crippen LogP contribution in [0.2, 0.25) is 0 Å². The standard InChI is InChI=1S/C11H17NO7/c13-9(14)1-3-12-6-7(5-8(12)11(17)18)19-4-2-10(15)16/h7-8H,1-6H2,(H,13,14)(H,15,16)(H,17,18)/t7?,8-/m0/s1. The summed E-state index contributed by atoms with van der Waals surface area (Å²) in [5.41, 5.74) is 0. The van der Waals surface area contributed by atoms with E-state index in [2.05, 4.69) is 0 Å². The molecule has 1 aliphatic heterocycles. The van der Waals surface area contributed by atoms with Crippen molar-refractivity contribution in [1.29, 1.82) is 0 Å². The second-order valence-electron chi connectivity index (χ2n) is 4.36. The molecule has 0 saturated carbocycles. The van der Waals surface area contributed by atoms with Gasteiger partial charge in [-0.15, -0.1) is 0 Å². The molecule has 0 aliphatic carbocycles. The Kier molecular flexibility index (Phi) is 5.71. The molecule has 2 atom stereocenters. The molecule has 1 heterocycles. The number of hydrogen-bond donors (Lipinski definition) is 3. The highest BCUT2D eigenvalue weighted by molar-refractivity contribution is 5.74. The van der Waals surface area contributed by atoms with E-state index in [0.717, 1.165) is 0 Å². The lowest BCUT2D eigenvalue weighted by Crippen LogP contribution is -2.37. The predicted molar refractivity (Wildman–Crippen MR) is 61.9 cm³/mol. The Morgan fingerprint density at radius 1 is 1.11 bits per heavy atom. The van der Waals surface area contributed by atoms with Crippen molar-refractivity contribution in [2.24, 2.45) is 0 Å². The molecule has 0 amide bonds. The molecule has 0 aromatic heterocycles. The Hall–Kier alpha value is -1.67. The zero-order valence-corrected chi connectivity index (χ0v) is 10.3. The SMILES string of the molecule is O=C(O)CCOC1C[C@@H](C(=O)O)N(CCC(=O)O)C1. The summed E-state index contributed by atoms with van der Waals surface area (Å²) in [6, 6.07) is -0.769. The van der Waals surface area contributed by atoms with Gasteiger partial charge in [-0.1, -0.05) is 0 Å². The van der Waals surface area contributed by atoms with Crippen LogP contribution in [0.5, 0.6) is 0 Å². The van der Waals surface area contributed by atoms with Crippen molar-refractivity contribution in [2.45, 2.75) is 31.4 Å². The van der Waals surface area contributed by atoms with Crippen LogP contribution in [0.1, 0.15) is 19.3 Å². The first-order valence-corrected chi connectivity index (χ1v) is 5.92. The molecule has 1 fully saturated rings. The Balaban J connectivity index is 2.44. The van der Waals surface area contributed by atoms with Crippen molar-refractivity contribution < 1.29 is 34.4 Å². The van der Waals surface area contributed by atoms with Crippen molar-refractivity contribution in [3.05, 3.63) is 0 Å². The van der Waals surface area contributed by atoms with Gasteiger partial charge in [0.05, 0.1) is 25.6 Å². The summed E-state index contributed by atoms with van der Waals surface area (Å²) in [7, 11) is 0. The molecule has 1 rings (SSSR count). The molecule has 8 nitrogen and oxygen atoms in total. The summed E-state index contributed by atoms with van der Waals surface area (Å²) in [4.78, 5) is 33.4. The minimum absolute atomic E-state index is 0.0269. The highest BCUT2D eigenvalue weighted by Gasteiger charge is 2.37. The fraction of sp³-hybridized carbons (Fsp3) is 0.727. The maximum absolute atomic E-state index is 11.0. The molecule has 1 saturated heterocycles. The molecular weight excluding hydrogens is 258 g/mol. The van der Waals surface area contributed by atoms with E-state index in [4.69, 9.17) is 20.1 Å². The quantitative estimate of drug-likeness (QED) is 0.540. The van der Waals surface area contributed by atoms with E-state index in [1.54, 1.807) is 4.90 Å². The number of carboxylic acid groups (broad SMARTS) is 3. The average Bonchev–Trinajstić information content (AvgIpc) is 2.69. The van der Waals surface area contributed by atoms with Crippen LogP contribution in [0, 0.1) is 0 Å². The van der Waals surface area contributed by atoms with E-state index >= 15 is 0 Å². The summed E-state index contributed by atoms with van der Waals surface area (Å²) >= 11 is 0. The molecule has 1 aliphatic rings. The number of carboxylic acids is 3. The second kappa shape index (κ2) is 7.05. The van der Waals surface area contributed by atoms with E-state index in [1.165, 1.54) is 0 Å². The third kappa shape index (κ3) is 5.23. The van der Waals surface area contributed by atoms with Crippen LogP contribution in [0.4, 0.5) is 0 Å². The molecule has 0 spiro atoms. The normalized spacial score (nSPS) is 23.4. The Labute approximate surface area is 109 Å². The van der Waals surface area contributed by atoms with Gasteiger partial charge in [0.2, 0.25) is 0 Å². The lowest BCUT2D eigenvalue weighted by atomic mass is 10.2. The third-order valence-corrected chi connectivity index (χ3v) is 2.93. The van der Waals surface area contributed by atoms with Crippen LogP contribution in [-0.4, -0.2) is 70.0 Å². The molecule has 19 heavy (non-hydrogen) atoms. The van der Waals surface area contributed by atoms with Gasteiger partial charge in [0.15, 0.2) is 0 Å². The van der Waals surface area contributed by atoms with Gasteiger partial charge in [0.25, 0.3) is 0 Å². The fourth-order valence-corrected chi connectivity index (χ4v) is 2.04. The minimum atomic E-state index is -1.02. The van der Waals surface area contributed by atoms with Gasteiger partial charge < -0.3 is 20.1 Å². The fourth-order valence-electron chi connectivity index (χ4n) is 2.04. The zero-order valence-electron chi connectivity index (χ0n) is 10.3. The van der Waals surface area contributed by atoms with Crippen molar-refractivity contribution in [3.8, 4) is 0 Å². The van der Waals surface area contributed by atoms with Gasteiger partial charge in [0.1, 0.15) is 6.04 Å². The van der Waals surface area contributed by atoms with Gasteiger partial charge in [-0.25, -0.2) is 0 Å². The van der Waals surface area contributed by atoms with Crippen LogP contribution in [0.25, 0.3) is 0 Å². The maximum Gasteiger partial charge on any atom is 0.321 e. The minimum Gasteiger partial charge on any atom is -0.481 e. The average molecular weight is 275 g/mol. The summed E-state index contributed by atoms with van der Waals surface area (Å²) in [6.07, 6.45) is -0.391. The first kappa shape index (κ1) is 15.4. The largest absolute Gasteiger partial charge is 0.481 e. The number of likely N-dealkylation sites (tertiary alicyclic amines) is 1. The number of hydrogen-bond acceptors (Lipinski definition) is 5. The number of rotatable bonds is 8. The monoisotopic (exact) mass is 275 g/mol. The highest BCUT2D eigenvalue weighted by Crippen LogP contribution is 2.21.